The van der Waals surface area contributed by atoms with Gasteiger partial charge in [0.2, 0.25) is 0 Å². The number of rotatable bonds is 5. The van der Waals surface area contributed by atoms with Gasteiger partial charge in [-0.05, 0) is 55.5 Å². The van der Waals surface area contributed by atoms with E-state index in [2.05, 4.69) is 25.2 Å². The van der Waals surface area contributed by atoms with Crippen molar-refractivity contribution < 1.29 is 4.79 Å². The molecule has 3 nitrogen and oxygen atoms in total. The third kappa shape index (κ3) is 4.24. The lowest BCUT2D eigenvalue weighted by molar-refractivity contribution is -0.117. The van der Waals surface area contributed by atoms with Crippen LogP contribution in [-0.2, 0) is 4.79 Å². The van der Waals surface area contributed by atoms with Crippen molar-refractivity contribution in [3.8, 4) is 6.07 Å². The molecule has 0 spiro atoms. The zero-order valence-electron chi connectivity index (χ0n) is 12.7. The molecule has 1 N–H and O–H groups in total. The molecule has 0 heterocycles. The predicted molar refractivity (Wildman–Crippen MR) is 82.2 cm³/mol. The number of aryl methyl sites for hydroxylation is 3. The first kappa shape index (κ1) is 16.0. The molecule has 0 bridgehead atoms. The molecule has 1 aromatic rings. The lowest BCUT2D eigenvalue weighted by Crippen LogP contribution is -2.25. The fourth-order valence-corrected chi connectivity index (χ4v) is 1.92. The zero-order chi connectivity index (χ0) is 15.1. The number of unbranched alkanes of at least 4 members (excludes halogenated alkanes) is 1. The summed E-state index contributed by atoms with van der Waals surface area (Å²) in [4.78, 5) is 11.9. The van der Waals surface area contributed by atoms with Gasteiger partial charge < -0.3 is 5.32 Å². The van der Waals surface area contributed by atoms with Gasteiger partial charge in [0, 0.05) is 6.54 Å². The first-order valence-corrected chi connectivity index (χ1v) is 6.97. The van der Waals surface area contributed by atoms with Crippen molar-refractivity contribution in [2.24, 2.45) is 0 Å². The number of carbonyl (C=O) groups excluding carboxylic acids is 1. The molecule has 0 aliphatic heterocycles. The van der Waals surface area contributed by atoms with Crippen molar-refractivity contribution in [1.29, 1.82) is 5.26 Å². The van der Waals surface area contributed by atoms with E-state index >= 15 is 0 Å². The van der Waals surface area contributed by atoms with Crippen LogP contribution in [0.5, 0.6) is 0 Å². The van der Waals surface area contributed by atoms with Crippen LogP contribution in [0.15, 0.2) is 17.7 Å². The Labute approximate surface area is 121 Å². The van der Waals surface area contributed by atoms with Gasteiger partial charge in [-0.15, -0.1) is 0 Å². The number of nitrogens with zero attached hydrogens (tertiary/aromatic N) is 1. The highest BCUT2D eigenvalue weighted by atomic mass is 16.1. The first-order chi connectivity index (χ1) is 9.49. The van der Waals surface area contributed by atoms with Gasteiger partial charge in [0.1, 0.15) is 11.6 Å². The Kier molecular flexibility index (Phi) is 5.99. The maximum absolute atomic E-state index is 11.9. The largest absolute Gasteiger partial charge is 0.351 e. The fourth-order valence-electron chi connectivity index (χ4n) is 1.92. The third-order valence-electron chi connectivity index (χ3n) is 3.36. The van der Waals surface area contributed by atoms with Crippen LogP contribution in [0.2, 0.25) is 0 Å². The Balaban J connectivity index is 2.98. The number of benzene rings is 1. The van der Waals surface area contributed by atoms with E-state index in [9.17, 15) is 4.79 Å². The standard InChI is InChI=1S/C17H22N2O/c1-5-6-7-19-17(20)16(11-18)10-15-9-13(3)12(2)8-14(15)4/h8-10H,5-7H2,1-4H3,(H,19,20)/b16-10+. The van der Waals surface area contributed by atoms with Crippen molar-refractivity contribution in [2.75, 3.05) is 6.54 Å². The lowest BCUT2D eigenvalue weighted by Gasteiger charge is -2.07. The van der Waals surface area contributed by atoms with Crippen molar-refractivity contribution >= 4 is 12.0 Å². The molecular formula is C17H22N2O. The summed E-state index contributed by atoms with van der Waals surface area (Å²) in [5.74, 6) is -0.293. The quantitative estimate of drug-likeness (QED) is 0.506. The Bertz CT molecular complexity index is 565. The zero-order valence-corrected chi connectivity index (χ0v) is 12.7. The van der Waals surface area contributed by atoms with Crippen LogP contribution in [0.3, 0.4) is 0 Å². The third-order valence-corrected chi connectivity index (χ3v) is 3.36. The van der Waals surface area contributed by atoms with Gasteiger partial charge in [0.05, 0.1) is 0 Å². The summed E-state index contributed by atoms with van der Waals surface area (Å²) in [6.07, 6.45) is 3.61. The maximum Gasteiger partial charge on any atom is 0.261 e. The molecule has 106 valence electrons. The Morgan fingerprint density at radius 1 is 1.25 bits per heavy atom. The Morgan fingerprint density at radius 3 is 2.50 bits per heavy atom. The van der Waals surface area contributed by atoms with Gasteiger partial charge in [-0.3, -0.25) is 4.79 Å². The van der Waals surface area contributed by atoms with E-state index in [1.54, 1.807) is 6.08 Å². The number of carbonyl (C=O) groups is 1. The number of nitriles is 1. The summed E-state index contributed by atoms with van der Waals surface area (Å²) < 4.78 is 0. The molecule has 0 aliphatic carbocycles. The minimum Gasteiger partial charge on any atom is -0.351 e. The molecule has 1 aromatic carbocycles. The minimum absolute atomic E-state index is 0.160. The van der Waals surface area contributed by atoms with Crippen LogP contribution in [0.4, 0.5) is 0 Å². The highest BCUT2D eigenvalue weighted by molar-refractivity contribution is 6.01. The molecular weight excluding hydrogens is 248 g/mol. The Hall–Kier alpha value is -2.08. The second kappa shape index (κ2) is 7.49. The van der Waals surface area contributed by atoms with Gasteiger partial charge in [0.15, 0.2) is 0 Å². The molecule has 3 heteroatoms. The topological polar surface area (TPSA) is 52.9 Å². The fraction of sp³-hybridized carbons (Fsp3) is 0.412. The molecule has 1 rings (SSSR count). The predicted octanol–water partition coefficient (Wildman–Crippen LogP) is 3.44. The molecule has 20 heavy (non-hydrogen) atoms. The second-order valence-corrected chi connectivity index (χ2v) is 5.07. The normalized spacial score (nSPS) is 11.1. The highest BCUT2D eigenvalue weighted by Crippen LogP contribution is 2.18. The highest BCUT2D eigenvalue weighted by Gasteiger charge is 2.09. The first-order valence-electron chi connectivity index (χ1n) is 6.97. The van der Waals surface area contributed by atoms with E-state index in [1.807, 2.05) is 26.0 Å². The van der Waals surface area contributed by atoms with E-state index in [-0.39, 0.29) is 11.5 Å². The van der Waals surface area contributed by atoms with Crippen LogP contribution < -0.4 is 5.32 Å². The summed E-state index contributed by atoms with van der Waals surface area (Å²) >= 11 is 0. The van der Waals surface area contributed by atoms with Crippen LogP contribution in [0.1, 0.15) is 42.0 Å². The van der Waals surface area contributed by atoms with E-state index in [1.165, 1.54) is 5.56 Å². The van der Waals surface area contributed by atoms with Crippen molar-refractivity contribution in [3.05, 3.63) is 40.0 Å². The number of hydrogen-bond donors (Lipinski definition) is 1. The van der Waals surface area contributed by atoms with Crippen molar-refractivity contribution in [3.63, 3.8) is 0 Å². The van der Waals surface area contributed by atoms with Crippen LogP contribution in [0.25, 0.3) is 6.08 Å². The molecule has 0 saturated heterocycles. The maximum atomic E-state index is 11.9. The van der Waals surface area contributed by atoms with Gasteiger partial charge in [-0.25, -0.2) is 0 Å². The summed E-state index contributed by atoms with van der Waals surface area (Å²) in [6.45, 7) is 8.74. The summed E-state index contributed by atoms with van der Waals surface area (Å²) in [5.41, 5.74) is 4.53. The molecule has 1 amide bonds. The molecule has 0 radical (unpaired) electrons. The lowest BCUT2D eigenvalue weighted by atomic mass is 9.99. The SMILES string of the molecule is CCCCNC(=O)/C(C#N)=C/c1cc(C)c(C)cc1C. The minimum atomic E-state index is -0.293. The van der Waals surface area contributed by atoms with Gasteiger partial charge in [0.25, 0.3) is 5.91 Å². The second-order valence-electron chi connectivity index (χ2n) is 5.07. The molecule has 0 unspecified atom stereocenters. The van der Waals surface area contributed by atoms with Crippen LogP contribution >= 0.6 is 0 Å². The number of nitrogens with one attached hydrogen (secondary N) is 1. The van der Waals surface area contributed by atoms with Crippen LogP contribution in [-0.4, -0.2) is 12.5 Å². The molecule has 0 fully saturated rings. The Morgan fingerprint density at radius 2 is 1.90 bits per heavy atom. The molecule has 0 aliphatic rings. The van der Waals surface area contributed by atoms with E-state index < -0.39 is 0 Å². The summed E-state index contributed by atoms with van der Waals surface area (Å²) in [5, 5.41) is 11.9. The summed E-state index contributed by atoms with van der Waals surface area (Å²) in [6, 6.07) is 6.08. The monoisotopic (exact) mass is 270 g/mol. The molecule has 0 saturated carbocycles. The van der Waals surface area contributed by atoms with E-state index in [0.29, 0.717) is 6.54 Å². The van der Waals surface area contributed by atoms with Crippen molar-refractivity contribution in [2.45, 2.75) is 40.5 Å². The smallest absolute Gasteiger partial charge is 0.261 e. The van der Waals surface area contributed by atoms with E-state index in [4.69, 9.17) is 5.26 Å². The average Bonchev–Trinajstić information content (AvgIpc) is 2.41. The van der Waals surface area contributed by atoms with Crippen molar-refractivity contribution in [1.82, 2.24) is 5.32 Å². The van der Waals surface area contributed by atoms with Crippen LogP contribution in [0, 0.1) is 32.1 Å². The van der Waals surface area contributed by atoms with E-state index in [0.717, 1.165) is 29.5 Å². The van der Waals surface area contributed by atoms with Gasteiger partial charge in [-0.2, -0.15) is 5.26 Å². The van der Waals surface area contributed by atoms with Gasteiger partial charge >= 0.3 is 0 Å². The molecule has 0 atom stereocenters. The summed E-state index contributed by atoms with van der Waals surface area (Å²) in [7, 11) is 0. The molecule has 0 aromatic heterocycles. The van der Waals surface area contributed by atoms with Gasteiger partial charge in [-0.1, -0.05) is 25.5 Å². The average molecular weight is 270 g/mol. The number of amides is 1. The number of hydrogen-bond acceptors (Lipinski definition) is 2.